The fraction of sp³-hybridized carbons (Fsp3) is 0.400. The van der Waals surface area contributed by atoms with Gasteiger partial charge in [-0.15, -0.1) is 6.42 Å². The van der Waals surface area contributed by atoms with Gasteiger partial charge in [-0.1, -0.05) is 30.9 Å². The molecule has 1 N–H and O–H groups in total. The monoisotopic (exact) mass is 209 g/mol. The van der Waals surface area contributed by atoms with E-state index in [1.54, 1.807) is 6.07 Å². The van der Waals surface area contributed by atoms with E-state index >= 15 is 0 Å². The Hall–Kier alpha value is -1.27. The molecule has 0 aliphatic carbocycles. The summed E-state index contributed by atoms with van der Waals surface area (Å²) in [6.45, 7) is 2.08. The normalized spacial score (nSPS) is 11.8. The summed E-state index contributed by atoms with van der Waals surface area (Å²) < 4.78 is 0. The van der Waals surface area contributed by atoms with E-state index in [4.69, 9.17) is 18.0 Å². The molecule has 1 unspecified atom stereocenters. The highest BCUT2D eigenvalue weighted by atomic mass is 35.5. The Morgan fingerprint density at radius 3 is 3.00 bits per heavy atom. The molecule has 0 radical (unpaired) electrons. The minimum absolute atomic E-state index is 0.00552. The predicted molar refractivity (Wildman–Crippen MR) is 58.2 cm³/mol. The van der Waals surface area contributed by atoms with E-state index in [1.165, 1.54) is 6.33 Å². The molecule has 3 nitrogen and oxygen atoms in total. The lowest BCUT2D eigenvalue weighted by atomic mass is 10.2. The Kier molecular flexibility index (Phi) is 4.21. The molecule has 1 heterocycles. The van der Waals surface area contributed by atoms with Gasteiger partial charge in [-0.2, -0.15) is 0 Å². The summed E-state index contributed by atoms with van der Waals surface area (Å²) in [6.07, 6.45) is 8.71. The van der Waals surface area contributed by atoms with Gasteiger partial charge in [0.1, 0.15) is 17.3 Å². The Morgan fingerprint density at radius 2 is 2.43 bits per heavy atom. The van der Waals surface area contributed by atoms with E-state index in [0.717, 1.165) is 12.8 Å². The van der Waals surface area contributed by atoms with Crippen LogP contribution in [0.2, 0.25) is 5.15 Å². The zero-order chi connectivity index (χ0) is 10.4. The molecular weight excluding hydrogens is 198 g/mol. The summed E-state index contributed by atoms with van der Waals surface area (Å²) in [5.74, 6) is 3.32. The first kappa shape index (κ1) is 10.8. The van der Waals surface area contributed by atoms with E-state index < -0.39 is 0 Å². The second kappa shape index (κ2) is 5.46. The fourth-order valence-electron chi connectivity index (χ4n) is 1.08. The lowest BCUT2D eigenvalue weighted by molar-refractivity contribution is 0.752. The minimum Gasteiger partial charge on any atom is -0.356 e. The molecule has 4 heteroatoms. The van der Waals surface area contributed by atoms with Crippen LogP contribution in [0.3, 0.4) is 0 Å². The quantitative estimate of drug-likeness (QED) is 0.611. The molecule has 14 heavy (non-hydrogen) atoms. The van der Waals surface area contributed by atoms with Crippen molar-refractivity contribution in [1.82, 2.24) is 9.97 Å². The van der Waals surface area contributed by atoms with Crippen molar-refractivity contribution in [2.45, 2.75) is 25.8 Å². The minimum atomic E-state index is 0.00552. The average molecular weight is 210 g/mol. The molecule has 0 aliphatic heterocycles. The van der Waals surface area contributed by atoms with Crippen LogP contribution in [0, 0.1) is 12.3 Å². The molecule has 0 aromatic carbocycles. The molecule has 0 fully saturated rings. The smallest absolute Gasteiger partial charge is 0.134 e. The van der Waals surface area contributed by atoms with Crippen molar-refractivity contribution in [3.8, 4) is 12.3 Å². The van der Waals surface area contributed by atoms with Gasteiger partial charge in [0.2, 0.25) is 0 Å². The number of halogens is 1. The molecule has 74 valence electrons. The number of aromatic nitrogens is 2. The van der Waals surface area contributed by atoms with Crippen LogP contribution in [0.25, 0.3) is 0 Å². The molecule has 0 saturated carbocycles. The van der Waals surface area contributed by atoms with E-state index in [-0.39, 0.29) is 6.04 Å². The molecule has 0 bridgehead atoms. The van der Waals surface area contributed by atoms with Crippen LogP contribution in [0.5, 0.6) is 0 Å². The van der Waals surface area contributed by atoms with Crippen LogP contribution >= 0.6 is 11.6 Å². The van der Waals surface area contributed by atoms with Gasteiger partial charge < -0.3 is 5.32 Å². The van der Waals surface area contributed by atoms with Crippen LogP contribution in [0.4, 0.5) is 5.82 Å². The molecular formula is C10H12ClN3. The molecule has 0 amide bonds. The van der Waals surface area contributed by atoms with Crippen LogP contribution in [-0.4, -0.2) is 16.0 Å². The fourth-order valence-corrected chi connectivity index (χ4v) is 1.22. The predicted octanol–water partition coefficient (Wildman–Crippen LogP) is 2.34. The first-order valence-electron chi connectivity index (χ1n) is 4.46. The molecule has 1 aromatic heterocycles. The maximum absolute atomic E-state index is 5.71. The highest BCUT2D eigenvalue weighted by Crippen LogP contribution is 2.11. The third kappa shape index (κ3) is 3.23. The molecule has 0 spiro atoms. The summed E-state index contributed by atoms with van der Waals surface area (Å²) in [7, 11) is 0. The average Bonchev–Trinajstić information content (AvgIpc) is 2.17. The number of hydrogen-bond acceptors (Lipinski definition) is 3. The summed E-state index contributed by atoms with van der Waals surface area (Å²) in [5, 5.41) is 3.51. The topological polar surface area (TPSA) is 37.8 Å². The molecule has 1 rings (SSSR count). The lowest BCUT2D eigenvalue weighted by Gasteiger charge is -2.11. The van der Waals surface area contributed by atoms with Crippen LogP contribution in [-0.2, 0) is 0 Å². The van der Waals surface area contributed by atoms with Gasteiger partial charge in [-0.05, 0) is 6.42 Å². The van der Waals surface area contributed by atoms with Gasteiger partial charge in [-0.3, -0.25) is 0 Å². The van der Waals surface area contributed by atoms with Crippen LogP contribution in [0.15, 0.2) is 12.4 Å². The maximum atomic E-state index is 5.71. The highest BCUT2D eigenvalue weighted by molar-refractivity contribution is 6.29. The first-order chi connectivity index (χ1) is 6.76. The molecule has 1 aromatic rings. The van der Waals surface area contributed by atoms with Gasteiger partial charge in [0, 0.05) is 6.07 Å². The van der Waals surface area contributed by atoms with Crippen molar-refractivity contribution in [3.05, 3.63) is 17.5 Å². The van der Waals surface area contributed by atoms with Crippen molar-refractivity contribution in [2.24, 2.45) is 0 Å². The van der Waals surface area contributed by atoms with Gasteiger partial charge >= 0.3 is 0 Å². The second-order valence-corrected chi connectivity index (χ2v) is 3.27. The van der Waals surface area contributed by atoms with Gasteiger partial charge in [0.05, 0.1) is 6.04 Å². The van der Waals surface area contributed by atoms with Crippen molar-refractivity contribution in [3.63, 3.8) is 0 Å². The Labute approximate surface area is 88.9 Å². The van der Waals surface area contributed by atoms with Crippen molar-refractivity contribution < 1.29 is 0 Å². The SMILES string of the molecule is C#CC(CCC)Nc1cc(Cl)ncn1. The first-order valence-corrected chi connectivity index (χ1v) is 4.84. The summed E-state index contributed by atoms with van der Waals surface area (Å²) >= 11 is 5.71. The largest absolute Gasteiger partial charge is 0.356 e. The molecule has 0 aliphatic rings. The van der Waals surface area contributed by atoms with Gasteiger partial charge in [-0.25, -0.2) is 9.97 Å². The highest BCUT2D eigenvalue weighted by Gasteiger charge is 2.04. The number of nitrogens with zero attached hydrogens (tertiary/aromatic N) is 2. The number of anilines is 1. The van der Waals surface area contributed by atoms with Crippen molar-refractivity contribution in [1.29, 1.82) is 0 Å². The van der Waals surface area contributed by atoms with E-state index in [2.05, 4.69) is 28.1 Å². The standard InChI is InChI=1S/C10H12ClN3/c1-3-5-8(4-2)14-10-6-9(11)12-7-13-10/h2,6-8H,3,5H2,1H3,(H,12,13,14). The van der Waals surface area contributed by atoms with E-state index in [1.807, 2.05) is 0 Å². The Balaban J connectivity index is 2.63. The van der Waals surface area contributed by atoms with Crippen molar-refractivity contribution >= 4 is 17.4 Å². The number of terminal acetylenes is 1. The van der Waals surface area contributed by atoms with Gasteiger partial charge in [0.25, 0.3) is 0 Å². The summed E-state index contributed by atoms with van der Waals surface area (Å²) in [4.78, 5) is 7.79. The summed E-state index contributed by atoms with van der Waals surface area (Å²) in [6, 6.07) is 1.66. The van der Waals surface area contributed by atoms with Crippen LogP contribution < -0.4 is 5.32 Å². The molecule has 1 atom stereocenters. The number of hydrogen-bond donors (Lipinski definition) is 1. The lowest BCUT2D eigenvalue weighted by Crippen LogP contribution is -2.17. The zero-order valence-electron chi connectivity index (χ0n) is 8.00. The Morgan fingerprint density at radius 1 is 1.64 bits per heavy atom. The number of rotatable bonds is 4. The molecule has 0 saturated heterocycles. The summed E-state index contributed by atoms with van der Waals surface area (Å²) in [5.41, 5.74) is 0. The zero-order valence-corrected chi connectivity index (χ0v) is 8.75. The van der Waals surface area contributed by atoms with Crippen LogP contribution in [0.1, 0.15) is 19.8 Å². The second-order valence-electron chi connectivity index (χ2n) is 2.88. The third-order valence-corrected chi connectivity index (χ3v) is 1.94. The van der Waals surface area contributed by atoms with E-state index in [0.29, 0.717) is 11.0 Å². The van der Waals surface area contributed by atoms with E-state index in [9.17, 15) is 0 Å². The van der Waals surface area contributed by atoms with Gasteiger partial charge in [0.15, 0.2) is 0 Å². The maximum Gasteiger partial charge on any atom is 0.134 e. The van der Waals surface area contributed by atoms with Crippen molar-refractivity contribution in [2.75, 3.05) is 5.32 Å². The Bertz CT molecular complexity index is 332. The third-order valence-electron chi connectivity index (χ3n) is 1.73. The number of nitrogens with one attached hydrogen (secondary N) is 1.